The normalized spacial score (nSPS) is 10.6. The lowest BCUT2D eigenvalue weighted by Crippen LogP contribution is -2.24. The maximum atomic E-state index is 13.1. The van der Waals surface area contributed by atoms with Crippen molar-refractivity contribution < 1.29 is 4.39 Å². The van der Waals surface area contributed by atoms with Crippen molar-refractivity contribution >= 4 is 28.9 Å². The van der Waals surface area contributed by atoms with E-state index in [4.69, 9.17) is 28.9 Å². The van der Waals surface area contributed by atoms with Crippen LogP contribution in [0.3, 0.4) is 0 Å². The standard InChI is InChI=1S/C11H8Cl2FN3O/c12-8-2-1-7(14)3-6(8)4-17-5-16-10(13)9(15)11(17)18/h1-3,5H,4,15H2. The lowest BCUT2D eigenvalue weighted by atomic mass is 10.2. The van der Waals surface area contributed by atoms with E-state index in [9.17, 15) is 9.18 Å². The second-order valence-corrected chi connectivity index (χ2v) is 4.38. The first-order valence-electron chi connectivity index (χ1n) is 4.93. The van der Waals surface area contributed by atoms with E-state index in [1.165, 1.54) is 29.1 Å². The first-order chi connectivity index (χ1) is 8.49. The molecule has 0 aliphatic rings. The summed E-state index contributed by atoms with van der Waals surface area (Å²) in [6, 6.07) is 3.91. The number of hydrogen-bond donors (Lipinski definition) is 1. The van der Waals surface area contributed by atoms with Gasteiger partial charge in [0.25, 0.3) is 5.56 Å². The number of nitrogens with two attached hydrogens (primary N) is 1. The van der Waals surface area contributed by atoms with Crippen molar-refractivity contribution in [3.8, 4) is 0 Å². The van der Waals surface area contributed by atoms with Crippen molar-refractivity contribution in [2.24, 2.45) is 0 Å². The first kappa shape index (κ1) is 12.9. The van der Waals surface area contributed by atoms with Gasteiger partial charge < -0.3 is 5.73 Å². The van der Waals surface area contributed by atoms with Gasteiger partial charge in [-0.25, -0.2) is 9.37 Å². The molecule has 0 spiro atoms. The summed E-state index contributed by atoms with van der Waals surface area (Å²) >= 11 is 11.5. The number of aromatic nitrogens is 2. The third kappa shape index (κ3) is 2.47. The Balaban J connectivity index is 2.44. The molecule has 2 aromatic rings. The Bertz CT molecular complexity index is 657. The van der Waals surface area contributed by atoms with Crippen LogP contribution in [0.2, 0.25) is 10.2 Å². The highest BCUT2D eigenvalue weighted by Gasteiger charge is 2.09. The van der Waals surface area contributed by atoms with Gasteiger partial charge in [-0.1, -0.05) is 23.2 Å². The zero-order valence-electron chi connectivity index (χ0n) is 9.03. The lowest BCUT2D eigenvalue weighted by Gasteiger charge is -2.08. The van der Waals surface area contributed by atoms with Gasteiger partial charge in [0.05, 0.1) is 12.9 Å². The van der Waals surface area contributed by atoms with E-state index >= 15 is 0 Å². The smallest absolute Gasteiger partial charge is 0.278 e. The SMILES string of the molecule is Nc1c(Cl)ncn(Cc2cc(F)ccc2Cl)c1=O. The largest absolute Gasteiger partial charge is 0.392 e. The molecule has 0 bridgehead atoms. The van der Waals surface area contributed by atoms with E-state index < -0.39 is 11.4 Å². The van der Waals surface area contributed by atoms with Gasteiger partial charge in [-0.2, -0.15) is 0 Å². The molecule has 94 valence electrons. The van der Waals surface area contributed by atoms with Gasteiger partial charge in [-0.3, -0.25) is 9.36 Å². The summed E-state index contributed by atoms with van der Waals surface area (Å²) in [5.41, 5.74) is 5.29. The molecule has 0 radical (unpaired) electrons. The fourth-order valence-electron chi connectivity index (χ4n) is 1.45. The van der Waals surface area contributed by atoms with Crippen LogP contribution in [-0.4, -0.2) is 9.55 Å². The minimum atomic E-state index is -0.490. The molecule has 2 rings (SSSR count). The van der Waals surface area contributed by atoms with Crippen molar-refractivity contribution in [3.63, 3.8) is 0 Å². The molecule has 1 aromatic heterocycles. The Labute approximate surface area is 112 Å². The summed E-state index contributed by atoms with van der Waals surface area (Å²) in [5, 5.41) is 0.304. The summed E-state index contributed by atoms with van der Waals surface area (Å²) in [6.45, 7) is 0.0732. The monoisotopic (exact) mass is 287 g/mol. The molecule has 1 heterocycles. The van der Waals surface area contributed by atoms with Crippen LogP contribution in [0.5, 0.6) is 0 Å². The molecule has 7 heteroatoms. The van der Waals surface area contributed by atoms with Gasteiger partial charge in [-0.15, -0.1) is 0 Å². The molecule has 0 amide bonds. The zero-order valence-corrected chi connectivity index (χ0v) is 10.5. The minimum Gasteiger partial charge on any atom is -0.392 e. The maximum Gasteiger partial charge on any atom is 0.278 e. The fraction of sp³-hybridized carbons (Fsp3) is 0.0909. The number of benzene rings is 1. The Hall–Kier alpha value is -1.59. The molecule has 2 N–H and O–H groups in total. The second kappa shape index (κ2) is 4.96. The van der Waals surface area contributed by atoms with E-state index in [-0.39, 0.29) is 17.4 Å². The number of nitrogen functional groups attached to an aromatic ring is 1. The van der Waals surface area contributed by atoms with Crippen molar-refractivity contribution in [2.75, 3.05) is 5.73 Å². The summed E-state index contributed by atoms with van der Waals surface area (Å²) in [4.78, 5) is 15.5. The molecule has 0 atom stereocenters. The third-order valence-corrected chi connectivity index (χ3v) is 3.04. The maximum absolute atomic E-state index is 13.1. The van der Waals surface area contributed by atoms with Gasteiger partial charge in [0.2, 0.25) is 0 Å². The number of nitrogens with zero attached hydrogens (tertiary/aromatic N) is 2. The van der Waals surface area contributed by atoms with Gasteiger partial charge in [-0.05, 0) is 23.8 Å². The highest BCUT2D eigenvalue weighted by atomic mass is 35.5. The quantitative estimate of drug-likeness (QED) is 0.863. The van der Waals surface area contributed by atoms with Gasteiger partial charge in [0.15, 0.2) is 5.15 Å². The number of hydrogen-bond acceptors (Lipinski definition) is 3. The minimum absolute atomic E-state index is 0.0541. The molecule has 0 saturated heterocycles. The van der Waals surface area contributed by atoms with Crippen LogP contribution in [0.25, 0.3) is 0 Å². The molecular formula is C11H8Cl2FN3O. The van der Waals surface area contributed by atoms with Crippen molar-refractivity contribution in [2.45, 2.75) is 6.54 Å². The Kier molecular flexibility index (Phi) is 3.54. The average Bonchev–Trinajstić information content (AvgIpc) is 2.34. The first-order valence-corrected chi connectivity index (χ1v) is 5.69. The lowest BCUT2D eigenvalue weighted by molar-refractivity contribution is 0.622. The Morgan fingerprint density at radius 3 is 2.83 bits per heavy atom. The van der Waals surface area contributed by atoms with E-state index in [0.717, 1.165) is 0 Å². The number of anilines is 1. The predicted molar refractivity (Wildman–Crippen MR) is 68.4 cm³/mol. The van der Waals surface area contributed by atoms with Crippen molar-refractivity contribution in [1.29, 1.82) is 0 Å². The van der Waals surface area contributed by atoms with Crippen LogP contribution in [0, 0.1) is 5.82 Å². The molecule has 0 aliphatic heterocycles. The molecule has 0 unspecified atom stereocenters. The van der Waals surface area contributed by atoms with Crippen LogP contribution in [0.1, 0.15) is 5.56 Å². The molecule has 4 nitrogen and oxygen atoms in total. The highest BCUT2D eigenvalue weighted by molar-refractivity contribution is 6.31. The predicted octanol–water partition coefficient (Wildman–Crippen LogP) is 2.32. The van der Waals surface area contributed by atoms with Crippen LogP contribution < -0.4 is 11.3 Å². The molecule has 0 aliphatic carbocycles. The van der Waals surface area contributed by atoms with E-state index in [0.29, 0.717) is 10.6 Å². The molecule has 18 heavy (non-hydrogen) atoms. The van der Waals surface area contributed by atoms with Crippen LogP contribution in [0.4, 0.5) is 10.1 Å². The Morgan fingerprint density at radius 1 is 1.39 bits per heavy atom. The van der Waals surface area contributed by atoms with Crippen LogP contribution >= 0.6 is 23.2 Å². The molecule has 1 aromatic carbocycles. The Morgan fingerprint density at radius 2 is 2.11 bits per heavy atom. The van der Waals surface area contributed by atoms with E-state index in [2.05, 4.69) is 4.98 Å². The summed E-state index contributed by atoms with van der Waals surface area (Å²) in [6.07, 6.45) is 1.24. The van der Waals surface area contributed by atoms with Crippen molar-refractivity contribution in [3.05, 3.63) is 56.4 Å². The molecule has 0 fully saturated rings. The van der Waals surface area contributed by atoms with Gasteiger partial charge in [0, 0.05) is 5.02 Å². The van der Waals surface area contributed by atoms with Gasteiger partial charge in [0.1, 0.15) is 11.5 Å². The number of halogens is 3. The second-order valence-electron chi connectivity index (χ2n) is 3.62. The topological polar surface area (TPSA) is 60.9 Å². The zero-order chi connectivity index (χ0) is 13.3. The average molecular weight is 288 g/mol. The van der Waals surface area contributed by atoms with E-state index in [1.807, 2.05) is 0 Å². The summed E-state index contributed by atoms with van der Waals surface area (Å²) in [7, 11) is 0. The molecule has 0 saturated carbocycles. The fourth-order valence-corrected chi connectivity index (χ4v) is 1.75. The third-order valence-electron chi connectivity index (χ3n) is 2.37. The van der Waals surface area contributed by atoms with E-state index in [1.54, 1.807) is 0 Å². The summed E-state index contributed by atoms with van der Waals surface area (Å²) in [5.74, 6) is -0.433. The summed E-state index contributed by atoms with van der Waals surface area (Å²) < 4.78 is 14.3. The van der Waals surface area contributed by atoms with Gasteiger partial charge >= 0.3 is 0 Å². The molecular weight excluding hydrogens is 280 g/mol. The number of rotatable bonds is 2. The van der Waals surface area contributed by atoms with Crippen molar-refractivity contribution in [1.82, 2.24) is 9.55 Å². The van der Waals surface area contributed by atoms with Crippen LogP contribution in [0.15, 0.2) is 29.3 Å². The highest BCUT2D eigenvalue weighted by Crippen LogP contribution is 2.18. The van der Waals surface area contributed by atoms with Crippen LogP contribution in [-0.2, 0) is 6.54 Å².